The summed E-state index contributed by atoms with van der Waals surface area (Å²) in [5.41, 5.74) is 0. The first-order chi connectivity index (χ1) is 9.04. The molecule has 19 heavy (non-hydrogen) atoms. The number of rotatable bonds is 10. The van der Waals surface area contributed by atoms with Crippen molar-refractivity contribution in [1.82, 2.24) is 15.5 Å². The van der Waals surface area contributed by atoms with Crippen molar-refractivity contribution in [3.05, 3.63) is 0 Å². The predicted octanol–water partition coefficient (Wildman–Crippen LogP) is 1.14. The number of carbonyl (C=O) groups excluding carboxylic acids is 2. The zero-order valence-corrected chi connectivity index (χ0v) is 12.8. The van der Waals surface area contributed by atoms with Crippen molar-refractivity contribution in [3.8, 4) is 0 Å². The van der Waals surface area contributed by atoms with Crippen LogP contribution in [0.4, 0.5) is 0 Å². The van der Waals surface area contributed by atoms with Gasteiger partial charge in [-0.1, -0.05) is 6.92 Å². The predicted molar refractivity (Wildman–Crippen MR) is 77.9 cm³/mol. The number of nitrogens with one attached hydrogen (secondary N) is 2. The molecule has 0 aliphatic carbocycles. The first-order valence-corrected chi connectivity index (χ1v) is 7.32. The molecule has 5 nitrogen and oxygen atoms in total. The van der Waals surface area contributed by atoms with E-state index in [4.69, 9.17) is 0 Å². The molecule has 0 spiro atoms. The zero-order chi connectivity index (χ0) is 14.7. The molecular weight excluding hydrogens is 242 g/mol. The average molecular weight is 271 g/mol. The molecule has 0 bridgehead atoms. The van der Waals surface area contributed by atoms with E-state index in [2.05, 4.69) is 10.6 Å². The molecule has 0 heterocycles. The third-order valence-electron chi connectivity index (χ3n) is 3.07. The van der Waals surface area contributed by atoms with Crippen LogP contribution in [0, 0.1) is 0 Å². The summed E-state index contributed by atoms with van der Waals surface area (Å²) in [6.45, 7) is 11.0. The molecule has 0 aliphatic heterocycles. The quantitative estimate of drug-likeness (QED) is 0.626. The molecule has 112 valence electrons. The Morgan fingerprint density at radius 3 is 2.26 bits per heavy atom. The Balaban J connectivity index is 3.71. The molecule has 0 aromatic rings. The standard InChI is InChI=1S/C14H29N3O2/c1-5-15-12(4)11-16-13(18)9-8-10-14(19)17(6-2)7-3/h12,15H,5-11H2,1-4H3,(H,16,18)/t12-/m1/s1. The van der Waals surface area contributed by atoms with E-state index in [9.17, 15) is 9.59 Å². The number of hydrogen-bond donors (Lipinski definition) is 2. The van der Waals surface area contributed by atoms with E-state index in [1.54, 1.807) is 4.90 Å². The fourth-order valence-electron chi connectivity index (χ4n) is 1.91. The summed E-state index contributed by atoms with van der Waals surface area (Å²) >= 11 is 0. The highest BCUT2D eigenvalue weighted by Crippen LogP contribution is 2.01. The van der Waals surface area contributed by atoms with Crippen molar-refractivity contribution >= 4 is 11.8 Å². The van der Waals surface area contributed by atoms with Crippen LogP contribution in [0.15, 0.2) is 0 Å². The van der Waals surface area contributed by atoms with Gasteiger partial charge in [-0.2, -0.15) is 0 Å². The second kappa shape index (κ2) is 10.8. The minimum absolute atomic E-state index is 0.0251. The van der Waals surface area contributed by atoms with Crippen LogP contribution >= 0.6 is 0 Å². The molecule has 0 radical (unpaired) electrons. The van der Waals surface area contributed by atoms with Gasteiger partial charge in [-0.3, -0.25) is 9.59 Å². The topological polar surface area (TPSA) is 61.4 Å². The van der Waals surface area contributed by atoms with Gasteiger partial charge in [0, 0.05) is 38.5 Å². The molecule has 2 N–H and O–H groups in total. The normalized spacial score (nSPS) is 12.0. The van der Waals surface area contributed by atoms with Crippen LogP contribution < -0.4 is 10.6 Å². The van der Waals surface area contributed by atoms with Crippen LogP contribution in [0.3, 0.4) is 0 Å². The van der Waals surface area contributed by atoms with Gasteiger partial charge >= 0.3 is 0 Å². The molecule has 0 aromatic carbocycles. The lowest BCUT2D eigenvalue weighted by Crippen LogP contribution is -2.38. The van der Waals surface area contributed by atoms with Crippen LogP contribution in [-0.4, -0.2) is 48.9 Å². The van der Waals surface area contributed by atoms with Crippen molar-refractivity contribution in [2.24, 2.45) is 0 Å². The summed E-state index contributed by atoms with van der Waals surface area (Å²) in [7, 11) is 0. The van der Waals surface area contributed by atoms with Crippen molar-refractivity contribution in [2.45, 2.75) is 53.0 Å². The van der Waals surface area contributed by atoms with Crippen molar-refractivity contribution < 1.29 is 9.59 Å². The minimum atomic E-state index is 0.0251. The highest BCUT2D eigenvalue weighted by atomic mass is 16.2. The van der Waals surface area contributed by atoms with Crippen LogP contribution in [-0.2, 0) is 9.59 Å². The van der Waals surface area contributed by atoms with Gasteiger partial charge in [0.1, 0.15) is 0 Å². The highest BCUT2D eigenvalue weighted by molar-refractivity contribution is 5.78. The summed E-state index contributed by atoms with van der Waals surface area (Å²) in [5, 5.41) is 6.10. The molecular formula is C14H29N3O2. The van der Waals surface area contributed by atoms with E-state index in [0.29, 0.717) is 25.8 Å². The average Bonchev–Trinajstić information content (AvgIpc) is 2.38. The van der Waals surface area contributed by atoms with Gasteiger partial charge in [-0.05, 0) is 33.7 Å². The van der Waals surface area contributed by atoms with Gasteiger partial charge < -0.3 is 15.5 Å². The highest BCUT2D eigenvalue weighted by Gasteiger charge is 2.10. The lowest BCUT2D eigenvalue weighted by molar-refractivity contribution is -0.131. The Kier molecular flexibility index (Phi) is 10.2. The number of hydrogen-bond acceptors (Lipinski definition) is 3. The monoisotopic (exact) mass is 271 g/mol. The van der Waals surface area contributed by atoms with Gasteiger partial charge in [-0.25, -0.2) is 0 Å². The maximum atomic E-state index is 11.7. The minimum Gasteiger partial charge on any atom is -0.355 e. The van der Waals surface area contributed by atoms with E-state index in [1.165, 1.54) is 0 Å². The molecule has 0 fully saturated rings. The van der Waals surface area contributed by atoms with E-state index in [1.807, 2.05) is 27.7 Å². The molecule has 1 atom stereocenters. The van der Waals surface area contributed by atoms with Gasteiger partial charge in [0.05, 0.1) is 0 Å². The Labute approximate surface area is 117 Å². The Morgan fingerprint density at radius 2 is 1.74 bits per heavy atom. The maximum absolute atomic E-state index is 11.7. The second-order valence-corrected chi connectivity index (χ2v) is 4.68. The smallest absolute Gasteiger partial charge is 0.222 e. The molecule has 2 amide bonds. The van der Waals surface area contributed by atoms with Crippen LogP contribution in [0.5, 0.6) is 0 Å². The number of nitrogens with zero attached hydrogens (tertiary/aromatic N) is 1. The summed E-state index contributed by atoms with van der Waals surface area (Å²) in [6.07, 6.45) is 1.50. The third kappa shape index (κ3) is 8.59. The molecule has 5 heteroatoms. The fourth-order valence-corrected chi connectivity index (χ4v) is 1.91. The molecule has 0 saturated carbocycles. The van der Waals surface area contributed by atoms with Crippen LogP contribution in [0.1, 0.15) is 47.0 Å². The summed E-state index contributed by atoms with van der Waals surface area (Å²) in [5.74, 6) is 0.163. The summed E-state index contributed by atoms with van der Waals surface area (Å²) in [4.78, 5) is 25.1. The Hall–Kier alpha value is -1.10. The lowest BCUT2D eigenvalue weighted by atomic mass is 10.2. The maximum Gasteiger partial charge on any atom is 0.222 e. The molecule has 0 saturated heterocycles. The largest absolute Gasteiger partial charge is 0.355 e. The van der Waals surface area contributed by atoms with Crippen molar-refractivity contribution in [3.63, 3.8) is 0 Å². The summed E-state index contributed by atoms with van der Waals surface area (Å²) < 4.78 is 0. The number of amides is 2. The van der Waals surface area contributed by atoms with Gasteiger partial charge in [-0.15, -0.1) is 0 Å². The number of carbonyl (C=O) groups is 2. The zero-order valence-electron chi connectivity index (χ0n) is 12.8. The molecule has 0 aromatic heterocycles. The van der Waals surface area contributed by atoms with Crippen LogP contribution in [0.2, 0.25) is 0 Å². The number of likely N-dealkylation sites (N-methyl/N-ethyl adjacent to an activating group) is 1. The summed E-state index contributed by atoms with van der Waals surface area (Å²) in [6, 6.07) is 0.284. The molecule has 0 aliphatic rings. The van der Waals surface area contributed by atoms with Gasteiger partial charge in [0.25, 0.3) is 0 Å². The van der Waals surface area contributed by atoms with E-state index < -0.39 is 0 Å². The van der Waals surface area contributed by atoms with Gasteiger partial charge in [0.2, 0.25) is 11.8 Å². The van der Waals surface area contributed by atoms with E-state index in [0.717, 1.165) is 19.6 Å². The Morgan fingerprint density at radius 1 is 1.11 bits per heavy atom. The molecule has 0 unspecified atom stereocenters. The second-order valence-electron chi connectivity index (χ2n) is 4.68. The van der Waals surface area contributed by atoms with Crippen molar-refractivity contribution in [1.29, 1.82) is 0 Å². The Bertz CT molecular complexity index is 265. The van der Waals surface area contributed by atoms with Gasteiger partial charge in [0.15, 0.2) is 0 Å². The first-order valence-electron chi connectivity index (χ1n) is 7.32. The van der Waals surface area contributed by atoms with E-state index in [-0.39, 0.29) is 17.9 Å². The fraction of sp³-hybridized carbons (Fsp3) is 0.857. The third-order valence-corrected chi connectivity index (χ3v) is 3.07. The SMILES string of the molecule is CCN[C@H](C)CNC(=O)CCCC(=O)N(CC)CC. The van der Waals surface area contributed by atoms with Crippen LogP contribution in [0.25, 0.3) is 0 Å². The lowest BCUT2D eigenvalue weighted by Gasteiger charge is -2.18. The first kappa shape index (κ1) is 17.9. The molecule has 0 rings (SSSR count). The van der Waals surface area contributed by atoms with E-state index >= 15 is 0 Å². The van der Waals surface area contributed by atoms with Crippen molar-refractivity contribution in [2.75, 3.05) is 26.2 Å².